The maximum Gasteiger partial charge on any atom is 0.480 e. The van der Waals surface area contributed by atoms with Crippen LogP contribution in [0.3, 0.4) is 0 Å². The van der Waals surface area contributed by atoms with Crippen molar-refractivity contribution in [2.24, 2.45) is 27.2 Å². The molecule has 0 aliphatic carbocycles. The van der Waals surface area contributed by atoms with Crippen molar-refractivity contribution in [1.29, 1.82) is 0 Å². The van der Waals surface area contributed by atoms with E-state index in [0.29, 0.717) is 0 Å². The van der Waals surface area contributed by atoms with Crippen LogP contribution in [-0.2, 0) is 0 Å². The summed E-state index contributed by atoms with van der Waals surface area (Å²) in [6.45, 7) is 0. The maximum absolute atomic E-state index is 10.3. The number of nitrogens with one attached hydrogen (secondary N) is 1. The summed E-state index contributed by atoms with van der Waals surface area (Å²) >= 11 is 0. The summed E-state index contributed by atoms with van der Waals surface area (Å²) in [4.78, 5) is 15.9. The number of hydrogen-bond acceptors (Lipinski definition) is 8. The molecule has 0 saturated heterocycles. The zero-order chi connectivity index (χ0) is 9.35. The summed E-state index contributed by atoms with van der Waals surface area (Å²) in [6, 6.07) is 0. The molecule has 0 radical (unpaired) electrons. The smallest absolute Gasteiger partial charge is 0.369 e. The van der Waals surface area contributed by atoms with E-state index in [4.69, 9.17) is 17.2 Å². The zero-order valence-corrected chi connectivity index (χ0v) is 5.89. The first-order chi connectivity index (χ1) is 5.44. The Morgan fingerprint density at radius 2 is 1.83 bits per heavy atom. The van der Waals surface area contributed by atoms with Crippen LogP contribution in [-0.4, -0.2) is 22.8 Å². The Labute approximate surface area is 66.5 Å². The van der Waals surface area contributed by atoms with E-state index in [2.05, 4.69) is 15.3 Å². The van der Waals surface area contributed by atoms with Crippen LogP contribution in [0, 0.1) is 10.1 Å². The monoisotopic (exact) mass is 173 g/mol. The van der Waals surface area contributed by atoms with Crippen LogP contribution in [0.15, 0.2) is 9.98 Å². The highest BCUT2D eigenvalue weighted by atomic mass is 16.6. The van der Waals surface area contributed by atoms with Gasteiger partial charge in [-0.15, -0.1) is 9.98 Å². The fourth-order valence-electron chi connectivity index (χ4n) is 0.648. The van der Waals surface area contributed by atoms with E-state index >= 15 is 0 Å². The number of hydrogen-bond donors (Lipinski definition) is 4. The van der Waals surface area contributed by atoms with Crippen molar-refractivity contribution >= 4 is 11.9 Å². The van der Waals surface area contributed by atoms with Gasteiger partial charge in [0.25, 0.3) is 0 Å². The summed E-state index contributed by atoms with van der Waals surface area (Å²) in [6.07, 6.45) is 0. The van der Waals surface area contributed by atoms with Gasteiger partial charge < -0.3 is 11.5 Å². The summed E-state index contributed by atoms with van der Waals surface area (Å²) in [5.41, 5.74) is 15.4. The standard InChI is InChI=1S/C3H7N7O2/c4-1-7-2(5)9-3(6,8-1)10(11)12/h6H2,(H5,4,5,7,8,9). The number of rotatable bonds is 1. The Balaban J connectivity index is 3.05. The first-order valence-electron chi connectivity index (χ1n) is 2.85. The molecule has 9 nitrogen and oxygen atoms in total. The van der Waals surface area contributed by atoms with Gasteiger partial charge in [0.15, 0.2) is 0 Å². The topological polar surface area (TPSA) is 158 Å². The number of nitrogens with zero attached hydrogens (tertiary/aromatic N) is 3. The van der Waals surface area contributed by atoms with Crippen LogP contribution in [0.2, 0.25) is 0 Å². The molecule has 0 amide bonds. The first kappa shape index (κ1) is 8.20. The lowest BCUT2D eigenvalue weighted by Crippen LogP contribution is -2.56. The molecule has 0 unspecified atom stereocenters. The molecule has 0 fully saturated rings. The van der Waals surface area contributed by atoms with E-state index in [-0.39, 0.29) is 11.9 Å². The Kier molecular flexibility index (Phi) is 1.57. The highest BCUT2D eigenvalue weighted by molar-refractivity contribution is 5.98. The van der Waals surface area contributed by atoms with E-state index in [9.17, 15) is 10.1 Å². The Morgan fingerprint density at radius 3 is 2.17 bits per heavy atom. The molecule has 1 aliphatic rings. The van der Waals surface area contributed by atoms with Gasteiger partial charge in [-0.25, -0.2) is 5.73 Å². The third kappa shape index (κ3) is 1.25. The lowest BCUT2D eigenvalue weighted by Gasteiger charge is -2.17. The number of aliphatic imine (C=N–C) groups is 2. The third-order valence-electron chi connectivity index (χ3n) is 1.09. The van der Waals surface area contributed by atoms with Gasteiger partial charge in [-0.1, -0.05) is 0 Å². The average molecular weight is 173 g/mol. The Morgan fingerprint density at radius 1 is 1.42 bits per heavy atom. The predicted molar refractivity (Wildman–Crippen MR) is 40.3 cm³/mol. The lowest BCUT2D eigenvalue weighted by molar-refractivity contribution is -0.565. The Bertz CT molecular complexity index is 262. The molecule has 7 N–H and O–H groups in total. The lowest BCUT2D eigenvalue weighted by atomic mass is 10.6. The van der Waals surface area contributed by atoms with Crippen LogP contribution >= 0.6 is 0 Å². The second kappa shape index (κ2) is 2.30. The fraction of sp³-hybridized carbons (Fsp3) is 0.333. The van der Waals surface area contributed by atoms with Crippen molar-refractivity contribution in [3.63, 3.8) is 0 Å². The van der Waals surface area contributed by atoms with Gasteiger partial charge in [-0.3, -0.25) is 15.4 Å². The van der Waals surface area contributed by atoms with Gasteiger partial charge >= 0.3 is 5.91 Å². The van der Waals surface area contributed by atoms with Gasteiger partial charge in [-0.05, 0) is 0 Å². The third-order valence-corrected chi connectivity index (χ3v) is 1.09. The highest BCUT2D eigenvalue weighted by Gasteiger charge is 2.40. The molecule has 0 atom stereocenters. The predicted octanol–water partition coefficient (Wildman–Crippen LogP) is -2.93. The van der Waals surface area contributed by atoms with Crippen molar-refractivity contribution in [1.82, 2.24) is 5.32 Å². The number of nitro groups is 1. The van der Waals surface area contributed by atoms with Crippen molar-refractivity contribution in [3.05, 3.63) is 10.1 Å². The second-order valence-corrected chi connectivity index (χ2v) is 2.06. The van der Waals surface area contributed by atoms with Gasteiger partial charge in [0.1, 0.15) is 0 Å². The summed E-state index contributed by atoms with van der Waals surface area (Å²) in [5.74, 6) is -2.76. The molecule has 0 aromatic carbocycles. The normalized spacial score (nSPS) is 20.4. The summed E-state index contributed by atoms with van der Waals surface area (Å²) in [7, 11) is 0. The Hall–Kier alpha value is -1.90. The number of nitrogens with two attached hydrogens (primary N) is 3. The molecular weight excluding hydrogens is 166 g/mol. The van der Waals surface area contributed by atoms with Crippen molar-refractivity contribution in [3.8, 4) is 0 Å². The minimum Gasteiger partial charge on any atom is -0.369 e. The molecule has 1 rings (SSSR count). The van der Waals surface area contributed by atoms with Gasteiger partial charge in [0.2, 0.25) is 11.9 Å². The van der Waals surface area contributed by atoms with Crippen molar-refractivity contribution < 1.29 is 4.92 Å². The average Bonchev–Trinajstić information content (AvgIpc) is 1.82. The minimum atomic E-state index is -2.29. The fourth-order valence-corrected chi connectivity index (χ4v) is 0.648. The summed E-state index contributed by atoms with van der Waals surface area (Å²) < 4.78 is 0. The highest BCUT2D eigenvalue weighted by Crippen LogP contribution is 2.07. The van der Waals surface area contributed by atoms with Gasteiger partial charge in [-0.2, -0.15) is 0 Å². The molecule has 66 valence electrons. The van der Waals surface area contributed by atoms with E-state index in [0.717, 1.165) is 0 Å². The minimum absolute atomic E-state index is 0.235. The van der Waals surface area contributed by atoms with Crippen molar-refractivity contribution in [2.75, 3.05) is 0 Å². The molecule has 1 heterocycles. The van der Waals surface area contributed by atoms with Crippen LogP contribution in [0.25, 0.3) is 0 Å². The molecular formula is C3H7N7O2. The van der Waals surface area contributed by atoms with E-state index in [1.807, 2.05) is 0 Å². The summed E-state index contributed by atoms with van der Waals surface area (Å²) in [5, 5.41) is 12.6. The van der Waals surface area contributed by atoms with Crippen molar-refractivity contribution in [2.45, 2.75) is 5.91 Å². The van der Waals surface area contributed by atoms with Gasteiger partial charge in [0, 0.05) is 0 Å². The van der Waals surface area contributed by atoms with E-state index in [1.54, 1.807) is 0 Å². The molecule has 0 spiro atoms. The van der Waals surface area contributed by atoms with Crippen LogP contribution in [0.1, 0.15) is 0 Å². The molecule has 12 heavy (non-hydrogen) atoms. The molecule has 1 aliphatic heterocycles. The van der Waals surface area contributed by atoms with Gasteiger partial charge in [0.05, 0.1) is 4.92 Å². The molecule has 9 heteroatoms. The molecule has 0 aromatic rings. The van der Waals surface area contributed by atoms with Crippen LogP contribution in [0.5, 0.6) is 0 Å². The quantitative estimate of drug-likeness (QED) is 0.189. The first-order valence-corrected chi connectivity index (χ1v) is 2.85. The molecule has 0 aromatic heterocycles. The molecule has 0 bridgehead atoms. The number of guanidine groups is 2. The van der Waals surface area contributed by atoms with E-state index < -0.39 is 10.8 Å². The van der Waals surface area contributed by atoms with Crippen LogP contribution in [0.4, 0.5) is 0 Å². The molecule has 0 saturated carbocycles. The zero-order valence-electron chi connectivity index (χ0n) is 5.89. The maximum atomic E-state index is 10.3. The SMILES string of the molecule is NC1=NC(N)([N+](=O)[O-])N=C(N)N1. The second-order valence-electron chi connectivity index (χ2n) is 2.06. The van der Waals surface area contributed by atoms with Crippen LogP contribution < -0.4 is 22.5 Å². The van der Waals surface area contributed by atoms with E-state index in [1.165, 1.54) is 0 Å². The largest absolute Gasteiger partial charge is 0.480 e.